The van der Waals surface area contributed by atoms with E-state index in [1.165, 1.54) is 0 Å². The average molecular weight is 393 g/mol. The topological polar surface area (TPSA) is 51.2 Å². The molecule has 28 heavy (non-hydrogen) atoms. The molecule has 0 aliphatic carbocycles. The van der Waals surface area contributed by atoms with Gasteiger partial charge in [-0.05, 0) is 55.3 Å². The summed E-state index contributed by atoms with van der Waals surface area (Å²) in [6, 6.07) is 13.3. The molecule has 5 heteroatoms. The van der Waals surface area contributed by atoms with Gasteiger partial charge in [0.2, 0.25) is 0 Å². The molecule has 0 spiro atoms. The van der Waals surface area contributed by atoms with Crippen molar-refractivity contribution in [2.24, 2.45) is 0 Å². The van der Waals surface area contributed by atoms with Gasteiger partial charge in [0.15, 0.2) is 5.06 Å². The largest absolute Gasteiger partial charge is 0.479 e. The lowest BCUT2D eigenvalue weighted by Gasteiger charge is -2.05. The zero-order chi connectivity index (χ0) is 19.8. The Balaban J connectivity index is 1.54. The van der Waals surface area contributed by atoms with E-state index in [4.69, 9.17) is 4.74 Å². The van der Waals surface area contributed by atoms with Gasteiger partial charge in [-0.1, -0.05) is 31.2 Å². The maximum Gasteiger partial charge on any atom is 0.251 e. The zero-order valence-corrected chi connectivity index (χ0v) is 17.0. The number of carbonyl (C=O) groups is 1. The first-order valence-corrected chi connectivity index (χ1v) is 10.2. The van der Waals surface area contributed by atoms with Crippen LogP contribution in [0.15, 0.2) is 72.5 Å². The molecule has 4 nitrogen and oxygen atoms in total. The van der Waals surface area contributed by atoms with Crippen LogP contribution in [0.1, 0.15) is 35.5 Å². The second kappa shape index (κ2) is 9.85. The predicted octanol–water partition coefficient (Wildman–Crippen LogP) is 5.52. The third kappa shape index (κ3) is 5.30. The molecular weight excluding hydrogens is 368 g/mol. The number of nitrogens with zero attached hydrogens (tertiary/aromatic N) is 1. The van der Waals surface area contributed by atoms with Gasteiger partial charge < -0.3 is 10.1 Å². The van der Waals surface area contributed by atoms with Crippen LogP contribution in [0.5, 0.6) is 5.06 Å². The fourth-order valence-corrected chi connectivity index (χ4v) is 3.46. The van der Waals surface area contributed by atoms with Gasteiger partial charge in [-0.15, -0.1) is 11.3 Å². The number of carbonyl (C=O) groups excluding carboxylic acids is 1. The Bertz CT molecular complexity index is 1000. The number of benzene rings is 1. The molecule has 0 fully saturated rings. The highest BCUT2D eigenvalue weighted by Gasteiger charge is 2.08. The first-order valence-electron chi connectivity index (χ1n) is 9.36. The van der Waals surface area contributed by atoms with Gasteiger partial charge in [-0.25, -0.2) is 0 Å². The van der Waals surface area contributed by atoms with Crippen LogP contribution in [0.25, 0.3) is 10.9 Å². The molecule has 0 radical (unpaired) electrons. The second-order valence-electron chi connectivity index (χ2n) is 6.28. The number of aromatic nitrogens is 1. The summed E-state index contributed by atoms with van der Waals surface area (Å²) in [4.78, 5) is 17.8. The van der Waals surface area contributed by atoms with Crippen LogP contribution in [0, 0.1) is 0 Å². The summed E-state index contributed by atoms with van der Waals surface area (Å²) in [5, 5.41) is 4.78. The van der Waals surface area contributed by atoms with Crippen LogP contribution in [0.2, 0.25) is 0 Å². The van der Waals surface area contributed by atoms with Gasteiger partial charge in [0.1, 0.15) is 6.61 Å². The van der Waals surface area contributed by atoms with Crippen molar-refractivity contribution in [3.8, 4) is 5.06 Å². The molecule has 1 aromatic carbocycles. The number of hydrogen-bond acceptors (Lipinski definition) is 4. The van der Waals surface area contributed by atoms with Gasteiger partial charge in [0, 0.05) is 22.0 Å². The SMILES string of the molecule is C/C=C(\C=C/CC)COc1ccc(CNC(=O)c2ccc3ncccc3c2)s1. The van der Waals surface area contributed by atoms with Crippen molar-refractivity contribution in [2.45, 2.75) is 26.8 Å². The molecule has 3 aromatic rings. The third-order valence-corrected chi connectivity index (χ3v) is 5.24. The molecule has 2 aromatic heterocycles. The van der Waals surface area contributed by atoms with Gasteiger partial charge in [0.05, 0.1) is 12.1 Å². The minimum Gasteiger partial charge on any atom is -0.479 e. The van der Waals surface area contributed by atoms with Crippen LogP contribution in [-0.4, -0.2) is 17.5 Å². The maximum absolute atomic E-state index is 12.4. The summed E-state index contributed by atoms with van der Waals surface area (Å²) in [7, 11) is 0. The minimum absolute atomic E-state index is 0.0949. The molecule has 0 aliphatic rings. The van der Waals surface area contributed by atoms with E-state index in [-0.39, 0.29) is 5.91 Å². The lowest BCUT2D eigenvalue weighted by atomic mass is 10.1. The summed E-state index contributed by atoms with van der Waals surface area (Å²) in [6.45, 7) is 5.14. The fraction of sp³-hybridized carbons (Fsp3) is 0.217. The highest BCUT2D eigenvalue weighted by Crippen LogP contribution is 2.25. The van der Waals surface area contributed by atoms with Crippen LogP contribution in [0.4, 0.5) is 0 Å². The molecule has 1 amide bonds. The molecule has 144 valence electrons. The lowest BCUT2D eigenvalue weighted by Crippen LogP contribution is -2.22. The van der Waals surface area contributed by atoms with Gasteiger partial charge in [-0.2, -0.15) is 0 Å². The quantitative estimate of drug-likeness (QED) is 0.514. The normalized spacial score (nSPS) is 11.9. The third-order valence-electron chi connectivity index (χ3n) is 4.24. The number of rotatable bonds is 8. The summed E-state index contributed by atoms with van der Waals surface area (Å²) >= 11 is 1.55. The molecule has 0 saturated heterocycles. The van der Waals surface area contributed by atoms with Crippen LogP contribution < -0.4 is 10.1 Å². The van der Waals surface area contributed by atoms with E-state index in [1.807, 2.05) is 43.3 Å². The first kappa shape index (κ1) is 19.8. The van der Waals surface area contributed by atoms with E-state index >= 15 is 0 Å². The van der Waals surface area contributed by atoms with Crippen molar-refractivity contribution >= 4 is 28.1 Å². The number of hydrogen-bond donors (Lipinski definition) is 1. The van der Waals surface area contributed by atoms with Crippen molar-refractivity contribution < 1.29 is 9.53 Å². The van der Waals surface area contributed by atoms with E-state index in [2.05, 4.69) is 35.5 Å². The van der Waals surface area contributed by atoms with Crippen molar-refractivity contribution in [2.75, 3.05) is 6.61 Å². The van der Waals surface area contributed by atoms with Crippen molar-refractivity contribution in [3.63, 3.8) is 0 Å². The summed E-state index contributed by atoms with van der Waals surface area (Å²) in [6.07, 6.45) is 9.02. The van der Waals surface area contributed by atoms with E-state index in [0.717, 1.165) is 32.8 Å². The monoisotopic (exact) mass is 392 g/mol. The van der Waals surface area contributed by atoms with Crippen molar-refractivity contribution in [3.05, 3.63) is 82.9 Å². The number of allylic oxidation sites excluding steroid dienone is 2. The molecule has 0 unspecified atom stereocenters. The Morgan fingerprint density at radius 2 is 2.14 bits per heavy atom. The molecule has 0 bridgehead atoms. The second-order valence-corrected chi connectivity index (χ2v) is 7.41. The fourth-order valence-electron chi connectivity index (χ4n) is 2.67. The number of thiophene rings is 1. The first-order chi connectivity index (χ1) is 13.7. The number of fused-ring (bicyclic) bond motifs is 1. The minimum atomic E-state index is -0.0949. The van der Waals surface area contributed by atoms with Crippen LogP contribution in [-0.2, 0) is 6.54 Å². The predicted molar refractivity (Wildman–Crippen MR) is 116 cm³/mol. The smallest absolute Gasteiger partial charge is 0.251 e. The lowest BCUT2D eigenvalue weighted by molar-refractivity contribution is 0.0951. The van der Waals surface area contributed by atoms with Crippen LogP contribution >= 0.6 is 11.3 Å². The Labute approximate surface area is 169 Å². The summed E-state index contributed by atoms with van der Waals surface area (Å²) in [5.74, 6) is -0.0949. The molecule has 0 atom stereocenters. The Hall–Kier alpha value is -2.92. The van der Waals surface area contributed by atoms with Gasteiger partial charge in [-0.3, -0.25) is 9.78 Å². The molecular formula is C23H24N2O2S. The average Bonchev–Trinajstić information content (AvgIpc) is 3.19. The number of pyridine rings is 1. The molecule has 0 aliphatic heterocycles. The number of amides is 1. The van der Waals surface area contributed by atoms with Crippen LogP contribution in [0.3, 0.4) is 0 Å². The Kier molecular flexibility index (Phi) is 6.98. The maximum atomic E-state index is 12.4. The number of ether oxygens (including phenoxy) is 1. The Morgan fingerprint density at radius 3 is 2.96 bits per heavy atom. The Morgan fingerprint density at radius 1 is 1.25 bits per heavy atom. The standard InChI is InChI=1S/C23H24N2O2S/c1-3-5-7-17(4-2)16-27-22-12-10-20(28-22)15-25-23(26)19-9-11-21-18(14-19)8-6-13-24-21/h4-14H,3,15-16H2,1-2H3,(H,25,26)/b7-5-,17-4+. The molecule has 0 saturated carbocycles. The number of nitrogens with one attached hydrogen (secondary N) is 1. The zero-order valence-electron chi connectivity index (χ0n) is 16.1. The van der Waals surface area contributed by atoms with E-state index < -0.39 is 0 Å². The molecule has 2 heterocycles. The van der Waals surface area contributed by atoms with Crippen molar-refractivity contribution in [1.82, 2.24) is 10.3 Å². The summed E-state index contributed by atoms with van der Waals surface area (Å²) in [5.41, 5.74) is 2.67. The van der Waals surface area contributed by atoms with Gasteiger partial charge >= 0.3 is 0 Å². The summed E-state index contributed by atoms with van der Waals surface area (Å²) < 4.78 is 5.86. The van der Waals surface area contributed by atoms with Crippen molar-refractivity contribution in [1.29, 1.82) is 0 Å². The molecule has 3 rings (SSSR count). The van der Waals surface area contributed by atoms with E-state index in [9.17, 15) is 4.79 Å². The highest BCUT2D eigenvalue weighted by atomic mass is 32.1. The van der Waals surface area contributed by atoms with E-state index in [0.29, 0.717) is 18.7 Å². The van der Waals surface area contributed by atoms with E-state index in [1.54, 1.807) is 23.6 Å². The van der Waals surface area contributed by atoms with Gasteiger partial charge in [0.25, 0.3) is 5.91 Å². The highest BCUT2D eigenvalue weighted by molar-refractivity contribution is 7.13. The molecule has 1 N–H and O–H groups in total.